The molecule has 0 N–H and O–H groups in total. The Morgan fingerprint density at radius 2 is 2.33 bits per heavy atom. The standard InChI is InChI=1S/C9H7ClOS/c10-8-4-6(5-11)3-7-1-2-12-9(7)8/h3-5H,1-2H2. The zero-order chi connectivity index (χ0) is 8.55. The Morgan fingerprint density at radius 3 is 3.08 bits per heavy atom. The van der Waals surface area contributed by atoms with Gasteiger partial charge in [0.25, 0.3) is 0 Å². The average Bonchev–Trinajstić information content (AvgIpc) is 2.52. The van der Waals surface area contributed by atoms with Gasteiger partial charge < -0.3 is 0 Å². The molecule has 0 bridgehead atoms. The molecule has 0 fully saturated rings. The molecular weight excluding hydrogens is 192 g/mol. The highest BCUT2D eigenvalue weighted by molar-refractivity contribution is 7.99. The van der Waals surface area contributed by atoms with Crippen molar-refractivity contribution < 1.29 is 4.79 Å². The fourth-order valence-corrected chi connectivity index (χ4v) is 2.83. The average molecular weight is 199 g/mol. The molecule has 1 nitrogen and oxygen atoms in total. The number of hydrogen-bond donors (Lipinski definition) is 0. The van der Waals surface area contributed by atoms with Crippen LogP contribution in [0.1, 0.15) is 15.9 Å². The van der Waals surface area contributed by atoms with Crippen LogP contribution >= 0.6 is 23.4 Å². The fourth-order valence-electron chi connectivity index (χ4n) is 1.35. The number of aryl methyl sites for hydroxylation is 1. The largest absolute Gasteiger partial charge is 0.298 e. The molecule has 12 heavy (non-hydrogen) atoms. The Labute approximate surface area is 80.1 Å². The van der Waals surface area contributed by atoms with E-state index in [0.717, 1.165) is 28.4 Å². The van der Waals surface area contributed by atoms with Crippen LogP contribution in [0.3, 0.4) is 0 Å². The van der Waals surface area contributed by atoms with Gasteiger partial charge in [-0.2, -0.15) is 0 Å². The molecule has 0 saturated heterocycles. The number of aldehydes is 1. The van der Waals surface area contributed by atoms with E-state index in [9.17, 15) is 4.79 Å². The zero-order valence-electron chi connectivity index (χ0n) is 6.34. The van der Waals surface area contributed by atoms with E-state index in [1.165, 1.54) is 5.56 Å². The van der Waals surface area contributed by atoms with Crippen molar-refractivity contribution in [1.29, 1.82) is 0 Å². The van der Waals surface area contributed by atoms with Gasteiger partial charge in [0.2, 0.25) is 0 Å². The summed E-state index contributed by atoms with van der Waals surface area (Å²) in [6.07, 6.45) is 1.87. The lowest BCUT2D eigenvalue weighted by atomic mass is 10.1. The van der Waals surface area contributed by atoms with Gasteiger partial charge in [0.15, 0.2) is 0 Å². The minimum absolute atomic E-state index is 0.682. The van der Waals surface area contributed by atoms with E-state index in [4.69, 9.17) is 11.6 Å². The summed E-state index contributed by atoms with van der Waals surface area (Å²) in [6.45, 7) is 0. The zero-order valence-corrected chi connectivity index (χ0v) is 7.91. The van der Waals surface area contributed by atoms with E-state index in [2.05, 4.69) is 0 Å². The van der Waals surface area contributed by atoms with Crippen molar-refractivity contribution in [2.75, 3.05) is 5.75 Å². The van der Waals surface area contributed by atoms with Crippen LogP contribution in [0.2, 0.25) is 5.02 Å². The number of carbonyl (C=O) groups excluding carboxylic acids is 1. The van der Waals surface area contributed by atoms with Crippen molar-refractivity contribution in [2.24, 2.45) is 0 Å². The molecule has 0 radical (unpaired) electrons. The molecule has 0 spiro atoms. The van der Waals surface area contributed by atoms with Crippen molar-refractivity contribution in [1.82, 2.24) is 0 Å². The van der Waals surface area contributed by atoms with Gasteiger partial charge in [-0.1, -0.05) is 11.6 Å². The number of benzene rings is 1. The minimum Gasteiger partial charge on any atom is -0.298 e. The number of fused-ring (bicyclic) bond motifs is 1. The lowest BCUT2D eigenvalue weighted by molar-refractivity contribution is 0.112. The van der Waals surface area contributed by atoms with Crippen LogP contribution in [0.4, 0.5) is 0 Å². The smallest absolute Gasteiger partial charge is 0.150 e. The highest BCUT2D eigenvalue weighted by Gasteiger charge is 2.15. The maximum Gasteiger partial charge on any atom is 0.150 e. The van der Waals surface area contributed by atoms with Gasteiger partial charge in [0.05, 0.1) is 5.02 Å². The van der Waals surface area contributed by atoms with Crippen molar-refractivity contribution in [3.05, 3.63) is 28.3 Å². The van der Waals surface area contributed by atoms with Crippen molar-refractivity contribution in [3.8, 4) is 0 Å². The predicted octanol–water partition coefficient (Wildman–Crippen LogP) is 2.80. The quantitative estimate of drug-likeness (QED) is 0.646. The first-order chi connectivity index (χ1) is 5.81. The molecule has 0 saturated carbocycles. The van der Waals surface area contributed by atoms with Crippen molar-refractivity contribution in [2.45, 2.75) is 11.3 Å². The van der Waals surface area contributed by atoms with Gasteiger partial charge >= 0.3 is 0 Å². The summed E-state index contributed by atoms with van der Waals surface area (Å²) in [5, 5.41) is 0.720. The van der Waals surface area contributed by atoms with E-state index >= 15 is 0 Å². The highest BCUT2D eigenvalue weighted by atomic mass is 35.5. The summed E-state index contributed by atoms with van der Waals surface area (Å²) in [6, 6.07) is 3.65. The molecule has 1 aromatic rings. The molecule has 2 rings (SSSR count). The van der Waals surface area contributed by atoms with Gasteiger partial charge in [-0.25, -0.2) is 0 Å². The second-order valence-corrected chi connectivity index (χ2v) is 4.22. The summed E-state index contributed by atoms with van der Waals surface area (Å²) in [4.78, 5) is 11.6. The van der Waals surface area contributed by atoms with Crippen LogP contribution in [-0.2, 0) is 6.42 Å². The predicted molar refractivity (Wildman–Crippen MR) is 51.3 cm³/mol. The topological polar surface area (TPSA) is 17.1 Å². The third-order valence-electron chi connectivity index (χ3n) is 1.90. The summed E-state index contributed by atoms with van der Waals surface area (Å²) in [7, 11) is 0. The van der Waals surface area contributed by atoms with E-state index in [0.29, 0.717) is 5.56 Å². The van der Waals surface area contributed by atoms with Crippen LogP contribution < -0.4 is 0 Å². The van der Waals surface area contributed by atoms with Gasteiger partial charge in [0, 0.05) is 16.2 Å². The van der Waals surface area contributed by atoms with Gasteiger partial charge in [-0.05, 0) is 24.1 Å². The molecule has 1 heterocycles. The van der Waals surface area contributed by atoms with Gasteiger partial charge in [-0.3, -0.25) is 4.79 Å². The monoisotopic (exact) mass is 198 g/mol. The third-order valence-corrected chi connectivity index (χ3v) is 3.49. The lowest BCUT2D eigenvalue weighted by Gasteiger charge is -2.01. The normalized spacial score (nSPS) is 14.4. The summed E-state index contributed by atoms with van der Waals surface area (Å²) in [5.41, 5.74) is 1.90. The first-order valence-electron chi connectivity index (χ1n) is 3.71. The molecule has 0 unspecified atom stereocenters. The summed E-state index contributed by atoms with van der Waals surface area (Å²) >= 11 is 7.74. The van der Waals surface area contributed by atoms with E-state index in [-0.39, 0.29) is 0 Å². The Morgan fingerprint density at radius 1 is 1.50 bits per heavy atom. The maximum atomic E-state index is 10.5. The van der Waals surface area contributed by atoms with Crippen molar-refractivity contribution >= 4 is 29.6 Å². The second kappa shape index (κ2) is 3.11. The third kappa shape index (κ3) is 1.25. The van der Waals surface area contributed by atoms with Crippen LogP contribution in [0.15, 0.2) is 17.0 Å². The van der Waals surface area contributed by atoms with Gasteiger partial charge in [-0.15, -0.1) is 11.8 Å². The molecule has 0 aromatic heterocycles. The van der Waals surface area contributed by atoms with Crippen LogP contribution in [0.5, 0.6) is 0 Å². The minimum atomic E-state index is 0.682. The number of carbonyl (C=O) groups is 1. The van der Waals surface area contributed by atoms with E-state index < -0.39 is 0 Å². The van der Waals surface area contributed by atoms with Gasteiger partial charge in [0.1, 0.15) is 6.29 Å². The molecule has 0 aliphatic carbocycles. The molecule has 0 amide bonds. The molecule has 1 aliphatic heterocycles. The Balaban J connectivity index is 2.58. The SMILES string of the molecule is O=Cc1cc(Cl)c2c(c1)CCS2. The Kier molecular flexibility index (Phi) is 2.11. The number of thioether (sulfide) groups is 1. The maximum absolute atomic E-state index is 10.5. The van der Waals surface area contributed by atoms with Crippen molar-refractivity contribution in [3.63, 3.8) is 0 Å². The number of rotatable bonds is 1. The highest BCUT2D eigenvalue weighted by Crippen LogP contribution is 2.37. The fraction of sp³-hybridized carbons (Fsp3) is 0.222. The molecule has 3 heteroatoms. The molecular formula is C9H7ClOS. The van der Waals surface area contributed by atoms with Crippen LogP contribution in [0.25, 0.3) is 0 Å². The number of hydrogen-bond acceptors (Lipinski definition) is 2. The molecule has 1 aliphatic rings. The van der Waals surface area contributed by atoms with E-state index in [1.807, 2.05) is 6.07 Å². The number of halogens is 1. The first kappa shape index (κ1) is 8.14. The molecule has 0 atom stereocenters. The van der Waals surface area contributed by atoms with Crippen LogP contribution in [-0.4, -0.2) is 12.0 Å². The summed E-state index contributed by atoms with van der Waals surface area (Å²) in [5.74, 6) is 1.08. The first-order valence-corrected chi connectivity index (χ1v) is 5.08. The second-order valence-electron chi connectivity index (χ2n) is 2.71. The lowest BCUT2D eigenvalue weighted by Crippen LogP contribution is -1.86. The molecule has 1 aromatic carbocycles. The summed E-state index contributed by atoms with van der Waals surface area (Å²) < 4.78 is 0. The van der Waals surface area contributed by atoms with E-state index in [1.54, 1.807) is 17.8 Å². The Hall–Kier alpha value is -0.470. The van der Waals surface area contributed by atoms with Crippen LogP contribution in [0, 0.1) is 0 Å². The molecule has 62 valence electrons. The Bertz CT molecular complexity index is 336.